The average molecular weight is 352 g/mol. The van der Waals surface area contributed by atoms with Gasteiger partial charge in [-0.1, -0.05) is 6.07 Å². The summed E-state index contributed by atoms with van der Waals surface area (Å²) in [6.07, 6.45) is 0. The van der Waals surface area contributed by atoms with Gasteiger partial charge in [-0.3, -0.25) is 4.79 Å². The fraction of sp³-hybridized carbons (Fsp3) is 0.300. The molecule has 1 aliphatic rings. The minimum Gasteiger partial charge on any atom is -0.480 e. The van der Waals surface area contributed by atoms with Crippen LogP contribution in [0.4, 0.5) is 0 Å². The first-order chi connectivity index (χ1) is 9.64. The molecule has 0 saturated carbocycles. The second-order valence-electron chi connectivity index (χ2n) is 4.27. The van der Waals surface area contributed by atoms with E-state index in [1.54, 1.807) is 0 Å². The maximum absolute atomic E-state index is 12.4. The molecule has 1 atom stereocenters. The lowest BCUT2D eigenvalue weighted by Crippen LogP contribution is -2.41. The third-order valence-electron chi connectivity index (χ3n) is 2.87. The molecule has 0 amide bonds. The molecule has 11 heteroatoms. The van der Waals surface area contributed by atoms with Crippen LogP contribution in [0.25, 0.3) is 0 Å². The van der Waals surface area contributed by atoms with Gasteiger partial charge in [-0.15, -0.1) is 11.8 Å². The first-order valence-electron chi connectivity index (χ1n) is 5.59. The first kappa shape index (κ1) is 16.2. The van der Waals surface area contributed by atoms with Crippen LogP contribution in [-0.4, -0.2) is 49.9 Å². The number of carboxylic acids is 1. The number of benzene rings is 1. The van der Waals surface area contributed by atoms with Crippen LogP contribution in [0.15, 0.2) is 34.1 Å². The zero-order chi connectivity index (χ0) is 15.8. The Morgan fingerprint density at radius 3 is 2.48 bits per heavy atom. The van der Waals surface area contributed by atoms with Crippen molar-refractivity contribution in [3.05, 3.63) is 24.3 Å². The number of primary sulfonamides is 1. The van der Waals surface area contributed by atoms with Crippen molar-refractivity contribution in [1.82, 2.24) is 4.31 Å². The van der Waals surface area contributed by atoms with Crippen LogP contribution in [0.1, 0.15) is 0 Å². The molecule has 0 aliphatic carbocycles. The number of hydrogen-bond donors (Lipinski definition) is 2. The van der Waals surface area contributed by atoms with Gasteiger partial charge in [0.1, 0.15) is 6.04 Å². The highest BCUT2D eigenvalue weighted by molar-refractivity contribution is 8.00. The Bertz CT molecular complexity index is 774. The van der Waals surface area contributed by atoms with E-state index in [1.807, 2.05) is 0 Å². The van der Waals surface area contributed by atoms with Crippen molar-refractivity contribution in [2.45, 2.75) is 15.8 Å². The molecule has 1 fully saturated rings. The zero-order valence-electron chi connectivity index (χ0n) is 10.5. The van der Waals surface area contributed by atoms with E-state index < -0.39 is 32.1 Å². The Labute approximate surface area is 126 Å². The highest BCUT2D eigenvalue weighted by Crippen LogP contribution is 2.29. The molecule has 0 unspecified atom stereocenters. The number of aliphatic carboxylic acids is 1. The van der Waals surface area contributed by atoms with Gasteiger partial charge in [0, 0.05) is 5.75 Å². The van der Waals surface area contributed by atoms with Crippen LogP contribution in [0.5, 0.6) is 0 Å². The fourth-order valence-electron chi connectivity index (χ4n) is 1.81. The summed E-state index contributed by atoms with van der Waals surface area (Å²) in [5.74, 6) is -1.10. The molecule has 3 N–H and O–H groups in total. The van der Waals surface area contributed by atoms with E-state index in [1.165, 1.54) is 30.0 Å². The van der Waals surface area contributed by atoms with Gasteiger partial charge in [-0.25, -0.2) is 22.0 Å². The van der Waals surface area contributed by atoms with Gasteiger partial charge < -0.3 is 5.11 Å². The van der Waals surface area contributed by atoms with Gasteiger partial charge in [0.05, 0.1) is 15.7 Å². The molecule has 0 radical (unpaired) electrons. The Morgan fingerprint density at radius 2 is 1.90 bits per heavy atom. The normalized spacial score (nSPS) is 20.5. The minimum atomic E-state index is -4.10. The Hall–Kier alpha value is -1.14. The maximum atomic E-state index is 12.4. The van der Waals surface area contributed by atoms with E-state index in [2.05, 4.69) is 0 Å². The van der Waals surface area contributed by atoms with Gasteiger partial charge in [-0.05, 0) is 18.2 Å². The van der Waals surface area contributed by atoms with Crippen LogP contribution < -0.4 is 5.14 Å². The van der Waals surface area contributed by atoms with E-state index in [0.717, 1.165) is 10.4 Å². The molecule has 0 spiro atoms. The Balaban J connectivity index is 2.48. The predicted octanol–water partition coefficient (Wildman–Crippen LogP) is -0.518. The monoisotopic (exact) mass is 352 g/mol. The predicted molar refractivity (Wildman–Crippen MR) is 75.6 cm³/mol. The lowest BCUT2D eigenvalue weighted by Gasteiger charge is -2.20. The van der Waals surface area contributed by atoms with Crippen molar-refractivity contribution in [1.29, 1.82) is 0 Å². The zero-order valence-corrected chi connectivity index (χ0v) is 13.0. The lowest BCUT2D eigenvalue weighted by atomic mass is 10.4. The van der Waals surface area contributed by atoms with E-state index >= 15 is 0 Å². The van der Waals surface area contributed by atoms with Gasteiger partial charge in [0.2, 0.25) is 20.0 Å². The van der Waals surface area contributed by atoms with Crippen LogP contribution in [0.3, 0.4) is 0 Å². The van der Waals surface area contributed by atoms with Crippen LogP contribution in [0.2, 0.25) is 0 Å². The second kappa shape index (κ2) is 5.57. The molecule has 1 aromatic carbocycles. The molecule has 0 bridgehead atoms. The third kappa shape index (κ3) is 3.21. The molecule has 1 saturated heterocycles. The molecule has 1 aromatic rings. The summed E-state index contributed by atoms with van der Waals surface area (Å²) in [6, 6.07) is 3.37. The number of carboxylic acid groups (broad SMARTS) is 1. The molecule has 1 aliphatic heterocycles. The van der Waals surface area contributed by atoms with Gasteiger partial charge in [0.25, 0.3) is 0 Å². The number of thioether (sulfide) groups is 1. The van der Waals surface area contributed by atoms with Gasteiger partial charge in [-0.2, -0.15) is 4.31 Å². The van der Waals surface area contributed by atoms with E-state index in [0.29, 0.717) is 0 Å². The number of hydrogen-bond acceptors (Lipinski definition) is 6. The second-order valence-corrected chi connectivity index (χ2v) is 8.72. The summed E-state index contributed by atoms with van der Waals surface area (Å²) in [5, 5.41) is 14.0. The molecule has 8 nitrogen and oxygen atoms in total. The molecule has 21 heavy (non-hydrogen) atoms. The lowest BCUT2D eigenvalue weighted by molar-refractivity contribution is -0.140. The van der Waals surface area contributed by atoms with E-state index in [-0.39, 0.29) is 21.4 Å². The van der Waals surface area contributed by atoms with Gasteiger partial charge in [0.15, 0.2) is 0 Å². The van der Waals surface area contributed by atoms with Crippen LogP contribution in [-0.2, 0) is 24.8 Å². The standard InChI is InChI=1S/C10H12N2O6S3/c11-20(15,16)7-2-1-3-8(4-7)21(17,18)12-6-19-5-9(12)10(13)14/h1-4,9H,5-6H2,(H,13,14)(H2,11,15,16)/t9-/m0/s1. The number of nitrogens with zero attached hydrogens (tertiary/aromatic N) is 1. The topological polar surface area (TPSA) is 135 Å². The Kier molecular flexibility index (Phi) is 4.31. The van der Waals surface area contributed by atoms with Crippen LogP contribution in [0, 0.1) is 0 Å². The largest absolute Gasteiger partial charge is 0.480 e. The molecule has 116 valence electrons. The molecule has 0 aromatic heterocycles. The minimum absolute atomic E-state index is 0.00109. The summed E-state index contributed by atoms with van der Waals surface area (Å²) in [5.41, 5.74) is 0. The number of sulfonamides is 2. The number of carbonyl (C=O) groups is 1. The Morgan fingerprint density at radius 1 is 1.29 bits per heavy atom. The highest BCUT2D eigenvalue weighted by Gasteiger charge is 2.40. The highest BCUT2D eigenvalue weighted by atomic mass is 32.2. The third-order valence-corrected chi connectivity index (χ3v) is 6.80. The van der Waals surface area contributed by atoms with Gasteiger partial charge >= 0.3 is 5.97 Å². The maximum Gasteiger partial charge on any atom is 0.322 e. The summed E-state index contributed by atoms with van der Waals surface area (Å²) in [4.78, 5) is 10.4. The average Bonchev–Trinajstić information content (AvgIpc) is 2.88. The van der Waals surface area contributed by atoms with E-state index in [4.69, 9.17) is 10.2 Å². The van der Waals surface area contributed by atoms with Crippen molar-refractivity contribution >= 4 is 37.8 Å². The summed E-state index contributed by atoms with van der Waals surface area (Å²) >= 11 is 1.17. The van der Waals surface area contributed by atoms with Crippen molar-refractivity contribution in [3.63, 3.8) is 0 Å². The van der Waals surface area contributed by atoms with Crippen molar-refractivity contribution < 1.29 is 26.7 Å². The van der Waals surface area contributed by atoms with Crippen molar-refractivity contribution in [2.24, 2.45) is 5.14 Å². The van der Waals surface area contributed by atoms with E-state index in [9.17, 15) is 21.6 Å². The molecule has 2 rings (SSSR count). The van der Waals surface area contributed by atoms with Crippen molar-refractivity contribution in [2.75, 3.05) is 11.6 Å². The number of nitrogens with two attached hydrogens (primary N) is 1. The quantitative estimate of drug-likeness (QED) is 0.744. The summed E-state index contributed by atoms with van der Waals surface area (Å²) in [7, 11) is -8.15. The smallest absolute Gasteiger partial charge is 0.322 e. The van der Waals surface area contributed by atoms with Crippen LogP contribution >= 0.6 is 11.8 Å². The first-order valence-corrected chi connectivity index (χ1v) is 9.73. The number of rotatable bonds is 4. The molecular weight excluding hydrogens is 340 g/mol. The summed E-state index contributed by atoms with van der Waals surface area (Å²) < 4.78 is 48.3. The molecule has 1 heterocycles. The summed E-state index contributed by atoms with van der Waals surface area (Å²) in [6.45, 7) is 0. The molecular formula is C10H12N2O6S3. The SMILES string of the molecule is NS(=O)(=O)c1cccc(S(=O)(=O)N2CSC[C@H]2C(=O)O)c1. The fourth-order valence-corrected chi connectivity index (χ4v) is 5.62. The van der Waals surface area contributed by atoms with Crippen molar-refractivity contribution in [3.8, 4) is 0 Å².